The fourth-order valence-electron chi connectivity index (χ4n) is 2.41. The van der Waals surface area contributed by atoms with Crippen molar-refractivity contribution in [2.45, 2.75) is 32.9 Å². The summed E-state index contributed by atoms with van der Waals surface area (Å²) in [6.45, 7) is 5.66. The van der Waals surface area contributed by atoms with Gasteiger partial charge in [-0.05, 0) is 36.5 Å². The highest BCUT2D eigenvalue weighted by molar-refractivity contribution is 6.30. The van der Waals surface area contributed by atoms with Crippen molar-refractivity contribution in [2.75, 3.05) is 13.1 Å². The predicted octanol–water partition coefficient (Wildman–Crippen LogP) is 3.21. The predicted molar refractivity (Wildman–Crippen MR) is 78.0 cm³/mol. The second-order valence-electron chi connectivity index (χ2n) is 5.46. The molecule has 2 rings (SSSR count). The Balaban J connectivity index is 2.02. The lowest BCUT2D eigenvalue weighted by Gasteiger charge is -2.25. The normalized spacial score (nSPS) is 19.5. The van der Waals surface area contributed by atoms with Crippen molar-refractivity contribution in [3.05, 3.63) is 34.9 Å². The van der Waals surface area contributed by atoms with E-state index in [9.17, 15) is 4.79 Å². The number of amides is 1. The van der Waals surface area contributed by atoms with Crippen molar-refractivity contribution in [3.8, 4) is 0 Å². The van der Waals surface area contributed by atoms with Gasteiger partial charge in [0, 0.05) is 11.6 Å². The zero-order valence-corrected chi connectivity index (χ0v) is 12.3. The van der Waals surface area contributed by atoms with Gasteiger partial charge in [0.1, 0.15) is 6.17 Å². The number of benzene rings is 1. The Morgan fingerprint density at radius 1 is 1.37 bits per heavy atom. The highest BCUT2D eigenvalue weighted by Crippen LogP contribution is 2.24. The molecule has 1 unspecified atom stereocenters. The van der Waals surface area contributed by atoms with Gasteiger partial charge in [0.2, 0.25) is 5.91 Å². The Hall–Kier alpha value is -1.06. The maximum Gasteiger partial charge on any atom is 0.238 e. The molecular weight excluding hydrogens is 260 g/mol. The fraction of sp³-hybridized carbons (Fsp3) is 0.533. The molecule has 4 heteroatoms. The minimum absolute atomic E-state index is 0.00284. The van der Waals surface area contributed by atoms with Gasteiger partial charge in [-0.25, -0.2) is 0 Å². The van der Waals surface area contributed by atoms with Gasteiger partial charge in [-0.1, -0.05) is 37.6 Å². The highest BCUT2D eigenvalue weighted by atomic mass is 35.5. The third-order valence-corrected chi connectivity index (χ3v) is 3.70. The third-order valence-electron chi connectivity index (χ3n) is 3.44. The zero-order valence-electron chi connectivity index (χ0n) is 11.5. The maximum absolute atomic E-state index is 11.9. The first kappa shape index (κ1) is 14.4. The molecule has 1 aliphatic heterocycles. The molecule has 1 amide bonds. The number of hydrogen-bond acceptors (Lipinski definition) is 2. The molecule has 0 spiro atoms. The Labute approximate surface area is 119 Å². The Bertz CT molecular complexity index is 430. The number of nitrogens with zero attached hydrogens (tertiary/aromatic N) is 1. The van der Waals surface area contributed by atoms with E-state index in [0.29, 0.717) is 12.5 Å². The molecule has 104 valence electrons. The van der Waals surface area contributed by atoms with E-state index in [4.69, 9.17) is 11.6 Å². The molecule has 1 atom stereocenters. The monoisotopic (exact) mass is 280 g/mol. The molecule has 0 aliphatic carbocycles. The summed E-state index contributed by atoms with van der Waals surface area (Å²) in [6, 6.07) is 7.70. The van der Waals surface area contributed by atoms with Crippen LogP contribution >= 0.6 is 11.6 Å². The summed E-state index contributed by atoms with van der Waals surface area (Å²) in [6.07, 6.45) is 2.20. The number of nitrogens with one attached hydrogen (secondary N) is 1. The average Bonchev–Trinajstić information content (AvgIpc) is 2.72. The second-order valence-corrected chi connectivity index (χ2v) is 5.89. The van der Waals surface area contributed by atoms with Gasteiger partial charge in [-0.3, -0.25) is 10.1 Å². The van der Waals surface area contributed by atoms with E-state index in [2.05, 4.69) is 19.2 Å². The molecular formula is C15H21ClN2O. The molecule has 0 saturated carbocycles. The molecule has 1 saturated heterocycles. The molecule has 19 heavy (non-hydrogen) atoms. The van der Waals surface area contributed by atoms with Gasteiger partial charge in [-0.15, -0.1) is 0 Å². The van der Waals surface area contributed by atoms with Crippen LogP contribution < -0.4 is 5.32 Å². The third kappa shape index (κ3) is 3.71. The van der Waals surface area contributed by atoms with E-state index >= 15 is 0 Å². The second kappa shape index (κ2) is 6.40. The van der Waals surface area contributed by atoms with Gasteiger partial charge < -0.3 is 4.90 Å². The van der Waals surface area contributed by atoms with Crippen LogP contribution in [0.2, 0.25) is 5.02 Å². The van der Waals surface area contributed by atoms with Crippen LogP contribution in [0.3, 0.4) is 0 Å². The summed E-state index contributed by atoms with van der Waals surface area (Å²) in [5.41, 5.74) is 1.10. The first-order valence-corrected chi connectivity index (χ1v) is 7.24. The van der Waals surface area contributed by atoms with E-state index in [1.807, 2.05) is 29.2 Å². The maximum atomic E-state index is 11.9. The Morgan fingerprint density at radius 3 is 2.68 bits per heavy atom. The van der Waals surface area contributed by atoms with Gasteiger partial charge in [0.15, 0.2) is 0 Å². The Morgan fingerprint density at radius 2 is 2.05 bits per heavy atom. The summed E-state index contributed by atoms with van der Waals surface area (Å²) in [5, 5.41) is 3.99. The van der Waals surface area contributed by atoms with Crippen LogP contribution in [0.25, 0.3) is 0 Å². The first-order chi connectivity index (χ1) is 9.08. The molecule has 3 nitrogen and oxygen atoms in total. The van der Waals surface area contributed by atoms with Crippen LogP contribution in [0.4, 0.5) is 0 Å². The first-order valence-electron chi connectivity index (χ1n) is 6.86. The van der Waals surface area contributed by atoms with Gasteiger partial charge in [0.05, 0.1) is 6.54 Å². The fourth-order valence-corrected chi connectivity index (χ4v) is 2.53. The molecule has 1 aromatic rings. The van der Waals surface area contributed by atoms with Crippen LogP contribution in [0.5, 0.6) is 0 Å². The SMILES string of the molecule is CC(C)CCCN1C(=O)CNC1c1ccc(Cl)cc1. The lowest BCUT2D eigenvalue weighted by atomic mass is 10.1. The molecule has 1 fully saturated rings. The molecule has 1 aromatic carbocycles. The summed E-state index contributed by atoms with van der Waals surface area (Å²) >= 11 is 5.90. The minimum Gasteiger partial charge on any atom is -0.322 e. The van der Waals surface area contributed by atoms with Gasteiger partial charge in [-0.2, -0.15) is 0 Å². The summed E-state index contributed by atoms with van der Waals surface area (Å²) in [4.78, 5) is 13.9. The number of carbonyl (C=O) groups excluding carboxylic acids is 1. The van der Waals surface area contributed by atoms with Crippen LogP contribution in [0, 0.1) is 5.92 Å². The Kier molecular flexibility index (Phi) is 4.83. The standard InChI is InChI=1S/C15H21ClN2O/c1-11(2)4-3-9-18-14(19)10-17-15(18)12-5-7-13(16)8-6-12/h5-8,11,15,17H,3-4,9-10H2,1-2H3. The molecule has 1 aliphatic rings. The van der Waals surface area contributed by atoms with E-state index in [-0.39, 0.29) is 12.1 Å². The highest BCUT2D eigenvalue weighted by Gasteiger charge is 2.30. The van der Waals surface area contributed by atoms with Gasteiger partial charge in [0.25, 0.3) is 0 Å². The zero-order chi connectivity index (χ0) is 13.8. The van der Waals surface area contributed by atoms with Crippen molar-refractivity contribution < 1.29 is 4.79 Å². The lowest BCUT2D eigenvalue weighted by Crippen LogP contribution is -2.31. The molecule has 1 heterocycles. The van der Waals surface area contributed by atoms with Crippen LogP contribution in [-0.4, -0.2) is 23.9 Å². The molecule has 0 aromatic heterocycles. The molecule has 0 radical (unpaired) electrons. The largest absolute Gasteiger partial charge is 0.322 e. The minimum atomic E-state index is -0.00284. The quantitative estimate of drug-likeness (QED) is 0.898. The van der Waals surface area contributed by atoms with Crippen LogP contribution in [0.15, 0.2) is 24.3 Å². The topological polar surface area (TPSA) is 32.3 Å². The van der Waals surface area contributed by atoms with Crippen molar-refractivity contribution in [3.63, 3.8) is 0 Å². The van der Waals surface area contributed by atoms with Gasteiger partial charge >= 0.3 is 0 Å². The van der Waals surface area contributed by atoms with Crippen molar-refractivity contribution in [1.82, 2.24) is 10.2 Å². The summed E-state index contributed by atoms with van der Waals surface area (Å²) < 4.78 is 0. The summed E-state index contributed by atoms with van der Waals surface area (Å²) in [7, 11) is 0. The average molecular weight is 281 g/mol. The molecule has 0 bridgehead atoms. The molecule has 1 N–H and O–H groups in total. The van der Waals surface area contributed by atoms with Crippen molar-refractivity contribution in [2.24, 2.45) is 5.92 Å². The van der Waals surface area contributed by atoms with E-state index < -0.39 is 0 Å². The summed E-state index contributed by atoms with van der Waals surface area (Å²) in [5.74, 6) is 0.864. The van der Waals surface area contributed by atoms with E-state index in [1.165, 1.54) is 0 Å². The van der Waals surface area contributed by atoms with Crippen molar-refractivity contribution >= 4 is 17.5 Å². The van der Waals surface area contributed by atoms with Crippen LogP contribution in [-0.2, 0) is 4.79 Å². The van der Waals surface area contributed by atoms with E-state index in [1.54, 1.807) is 0 Å². The van der Waals surface area contributed by atoms with Crippen molar-refractivity contribution in [1.29, 1.82) is 0 Å². The number of halogens is 1. The lowest BCUT2D eigenvalue weighted by molar-refractivity contribution is -0.128. The smallest absolute Gasteiger partial charge is 0.238 e. The number of rotatable bonds is 5. The number of hydrogen-bond donors (Lipinski definition) is 1. The van der Waals surface area contributed by atoms with E-state index in [0.717, 1.165) is 30.0 Å². The van der Waals surface area contributed by atoms with Crippen LogP contribution in [0.1, 0.15) is 38.4 Å². The number of carbonyl (C=O) groups is 1.